The van der Waals surface area contributed by atoms with Crippen molar-refractivity contribution in [3.8, 4) is 17.2 Å². The van der Waals surface area contributed by atoms with Gasteiger partial charge in [-0.05, 0) is 43.2 Å². The van der Waals surface area contributed by atoms with E-state index in [1.54, 1.807) is 14.2 Å². The lowest BCUT2D eigenvalue weighted by Gasteiger charge is -2.16. The Bertz CT molecular complexity index is 421. The van der Waals surface area contributed by atoms with Crippen LogP contribution in [0, 0.1) is 0 Å². The van der Waals surface area contributed by atoms with Gasteiger partial charge >= 0.3 is 0 Å². The largest absolute Gasteiger partial charge is 0.493 e. The molecule has 0 aromatic heterocycles. The zero-order chi connectivity index (χ0) is 14.3. The van der Waals surface area contributed by atoms with Crippen molar-refractivity contribution in [1.82, 2.24) is 0 Å². The second-order valence-electron chi connectivity index (χ2n) is 4.11. The molecule has 4 nitrogen and oxygen atoms in total. The minimum atomic E-state index is 0.381. The average molecular weight is 286 g/mol. The standard InChI is InChI=1S/C14H20ClNO3/c1-10(8-15)9-19-14-12(17-2)6-11(4-5-16)7-13(14)18-3/h6-8H,4-5,9,16H2,1-3H3/b10-8+. The SMILES string of the molecule is COc1cc(CCN)cc(OC)c1OC/C(C)=C/Cl. The Balaban J connectivity index is 3.06. The minimum Gasteiger partial charge on any atom is -0.493 e. The van der Waals surface area contributed by atoms with Crippen LogP contribution in [-0.2, 0) is 6.42 Å². The summed E-state index contributed by atoms with van der Waals surface area (Å²) >= 11 is 5.61. The molecular weight excluding hydrogens is 266 g/mol. The fraction of sp³-hybridized carbons (Fsp3) is 0.429. The van der Waals surface area contributed by atoms with Gasteiger partial charge in [0.15, 0.2) is 11.5 Å². The van der Waals surface area contributed by atoms with Gasteiger partial charge in [0.1, 0.15) is 6.61 Å². The van der Waals surface area contributed by atoms with Crippen LogP contribution >= 0.6 is 11.6 Å². The van der Waals surface area contributed by atoms with Crippen LogP contribution in [0.4, 0.5) is 0 Å². The summed E-state index contributed by atoms with van der Waals surface area (Å²) in [6.45, 7) is 2.84. The number of benzene rings is 1. The van der Waals surface area contributed by atoms with Gasteiger partial charge in [-0.1, -0.05) is 11.6 Å². The van der Waals surface area contributed by atoms with E-state index in [0.29, 0.717) is 30.4 Å². The molecule has 0 unspecified atom stereocenters. The van der Waals surface area contributed by atoms with Crippen LogP contribution in [0.25, 0.3) is 0 Å². The number of methoxy groups -OCH3 is 2. The van der Waals surface area contributed by atoms with Gasteiger partial charge in [-0.25, -0.2) is 0 Å². The molecule has 1 rings (SSSR count). The molecule has 0 heterocycles. The molecule has 0 amide bonds. The molecule has 0 aliphatic carbocycles. The summed E-state index contributed by atoms with van der Waals surface area (Å²) in [5, 5.41) is 0. The molecule has 0 radical (unpaired) electrons. The van der Waals surface area contributed by atoms with E-state index in [-0.39, 0.29) is 0 Å². The molecule has 2 N–H and O–H groups in total. The first-order valence-electron chi connectivity index (χ1n) is 5.99. The normalized spacial score (nSPS) is 11.3. The second-order valence-corrected chi connectivity index (χ2v) is 4.33. The molecular formula is C14H20ClNO3. The quantitative estimate of drug-likeness (QED) is 0.837. The molecule has 0 atom stereocenters. The number of halogens is 1. The minimum absolute atomic E-state index is 0.381. The maximum absolute atomic E-state index is 5.70. The van der Waals surface area contributed by atoms with Gasteiger partial charge in [-0.2, -0.15) is 0 Å². The van der Waals surface area contributed by atoms with Crippen LogP contribution in [0.5, 0.6) is 17.2 Å². The van der Waals surface area contributed by atoms with Crippen LogP contribution in [-0.4, -0.2) is 27.4 Å². The summed E-state index contributed by atoms with van der Waals surface area (Å²) in [4.78, 5) is 0. The van der Waals surface area contributed by atoms with Crippen LogP contribution in [0.15, 0.2) is 23.2 Å². The van der Waals surface area contributed by atoms with Gasteiger partial charge in [0.25, 0.3) is 0 Å². The van der Waals surface area contributed by atoms with Crippen LogP contribution in [0.2, 0.25) is 0 Å². The first kappa shape index (κ1) is 15.7. The molecule has 1 aromatic rings. The lowest BCUT2D eigenvalue weighted by Crippen LogP contribution is -2.06. The molecule has 0 aliphatic heterocycles. The van der Waals surface area contributed by atoms with Crippen molar-refractivity contribution in [2.24, 2.45) is 5.73 Å². The van der Waals surface area contributed by atoms with Crippen molar-refractivity contribution < 1.29 is 14.2 Å². The van der Waals surface area contributed by atoms with Crippen LogP contribution < -0.4 is 19.9 Å². The van der Waals surface area contributed by atoms with E-state index in [0.717, 1.165) is 17.6 Å². The fourth-order valence-corrected chi connectivity index (χ4v) is 1.67. The number of hydrogen-bond acceptors (Lipinski definition) is 4. The van der Waals surface area contributed by atoms with Gasteiger partial charge in [0, 0.05) is 5.54 Å². The molecule has 5 heteroatoms. The summed E-state index contributed by atoms with van der Waals surface area (Å²) in [5.41, 5.74) is 9.01. The Morgan fingerprint density at radius 3 is 2.26 bits per heavy atom. The number of nitrogens with two attached hydrogens (primary N) is 1. The Morgan fingerprint density at radius 1 is 1.26 bits per heavy atom. The molecule has 1 aromatic carbocycles. The van der Waals surface area contributed by atoms with Gasteiger partial charge in [-0.3, -0.25) is 0 Å². The third-order valence-electron chi connectivity index (χ3n) is 2.58. The molecule has 0 saturated heterocycles. The number of ether oxygens (including phenoxy) is 3. The lowest BCUT2D eigenvalue weighted by atomic mass is 10.1. The highest BCUT2D eigenvalue weighted by atomic mass is 35.5. The topological polar surface area (TPSA) is 53.7 Å². The molecule has 0 aliphatic rings. The molecule has 0 spiro atoms. The first-order chi connectivity index (χ1) is 9.15. The second kappa shape index (κ2) is 7.92. The highest BCUT2D eigenvalue weighted by Gasteiger charge is 2.14. The van der Waals surface area contributed by atoms with E-state index in [1.165, 1.54) is 5.54 Å². The predicted octanol–water partition coefficient (Wildman–Crippen LogP) is 2.73. The molecule has 0 fully saturated rings. The zero-order valence-corrected chi connectivity index (χ0v) is 12.3. The first-order valence-corrected chi connectivity index (χ1v) is 6.43. The van der Waals surface area contributed by atoms with Crippen LogP contribution in [0.1, 0.15) is 12.5 Å². The smallest absolute Gasteiger partial charge is 0.203 e. The summed E-state index contributed by atoms with van der Waals surface area (Å²) in [7, 11) is 3.19. The highest BCUT2D eigenvalue weighted by Crippen LogP contribution is 2.38. The van der Waals surface area contributed by atoms with Crippen LogP contribution in [0.3, 0.4) is 0 Å². The monoisotopic (exact) mass is 285 g/mol. The molecule has 19 heavy (non-hydrogen) atoms. The van der Waals surface area contributed by atoms with E-state index >= 15 is 0 Å². The lowest BCUT2D eigenvalue weighted by molar-refractivity contribution is 0.295. The molecule has 106 valence electrons. The molecule has 0 bridgehead atoms. The average Bonchev–Trinajstić information content (AvgIpc) is 2.44. The molecule has 0 saturated carbocycles. The highest BCUT2D eigenvalue weighted by molar-refractivity contribution is 6.25. The summed E-state index contributed by atoms with van der Waals surface area (Å²) < 4.78 is 16.4. The van der Waals surface area contributed by atoms with Crippen molar-refractivity contribution in [3.63, 3.8) is 0 Å². The van der Waals surface area contributed by atoms with E-state index in [1.807, 2.05) is 19.1 Å². The van der Waals surface area contributed by atoms with E-state index in [9.17, 15) is 0 Å². The summed E-state index contributed by atoms with van der Waals surface area (Å²) in [6, 6.07) is 3.81. The van der Waals surface area contributed by atoms with Crippen molar-refractivity contribution in [3.05, 3.63) is 28.8 Å². The van der Waals surface area contributed by atoms with Crippen molar-refractivity contribution >= 4 is 11.6 Å². The Labute approximate surface area is 119 Å². The van der Waals surface area contributed by atoms with Crippen molar-refractivity contribution in [1.29, 1.82) is 0 Å². The van der Waals surface area contributed by atoms with Crippen molar-refractivity contribution in [2.75, 3.05) is 27.4 Å². The maximum atomic E-state index is 5.70. The third kappa shape index (κ3) is 4.33. The van der Waals surface area contributed by atoms with E-state index in [4.69, 9.17) is 31.5 Å². The van der Waals surface area contributed by atoms with E-state index in [2.05, 4.69) is 0 Å². The third-order valence-corrected chi connectivity index (χ3v) is 2.96. The Hall–Kier alpha value is -1.39. The number of hydrogen-bond donors (Lipinski definition) is 1. The van der Waals surface area contributed by atoms with E-state index < -0.39 is 0 Å². The Kier molecular flexibility index (Phi) is 6.53. The predicted molar refractivity (Wildman–Crippen MR) is 77.4 cm³/mol. The maximum Gasteiger partial charge on any atom is 0.203 e. The fourth-order valence-electron chi connectivity index (χ4n) is 1.60. The zero-order valence-electron chi connectivity index (χ0n) is 11.5. The number of rotatable bonds is 7. The van der Waals surface area contributed by atoms with Gasteiger partial charge in [0.2, 0.25) is 5.75 Å². The van der Waals surface area contributed by atoms with Gasteiger partial charge < -0.3 is 19.9 Å². The van der Waals surface area contributed by atoms with Crippen molar-refractivity contribution in [2.45, 2.75) is 13.3 Å². The van der Waals surface area contributed by atoms with Gasteiger partial charge in [-0.15, -0.1) is 0 Å². The Morgan fingerprint density at radius 2 is 1.84 bits per heavy atom. The van der Waals surface area contributed by atoms with Gasteiger partial charge in [0.05, 0.1) is 14.2 Å². The summed E-state index contributed by atoms with van der Waals surface area (Å²) in [5.74, 6) is 1.83. The summed E-state index contributed by atoms with van der Waals surface area (Å²) in [6.07, 6.45) is 0.758.